The van der Waals surface area contributed by atoms with Crippen LogP contribution in [0, 0.1) is 3.57 Å². The van der Waals surface area contributed by atoms with Gasteiger partial charge >= 0.3 is 0 Å². The number of nitrogens with zero attached hydrogens (tertiary/aromatic N) is 2. The molecule has 2 aromatic rings. The first-order valence-corrected chi connectivity index (χ1v) is 8.21. The van der Waals surface area contributed by atoms with Gasteiger partial charge in [-0.05, 0) is 53.1 Å². The van der Waals surface area contributed by atoms with Crippen molar-refractivity contribution in [3.05, 3.63) is 40.2 Å². The van der Waals surface area contributed by atoms with E-state index in [0.29, 0.717) is 6.04 Å². The minimum atomic E-state index is 0.610. The molecule has 1 saturated carbocycles. The molecule has 0 unspecified atom stereocenters. The van der Waals surface area contributed by atoms with Crippen molar-refractivity contribution < 1.29 is 0 Å². The molecule has 0 bridgehead atoms. The molecule has 1 fully saturated rings. The van der Waals surface area contributed by atoms with E-state index in [0.717, 1.165) is 0 Å². The van der Waals surface area contributed by atoms with Gasteiger partial charge in [-0.25, -0.2) is 0 Å². The van der Waals surface area contributed by atoms with Crippen molar-refractivity contribution in [1.29, 1.82) is 0 Å². The Morgan fingerprint density at radius 3 is 2.58 bits per heavy atom. The van der Waals surface area contributed by atoms with Gasteiger partial charge < -0.3 is 0 Å². The van der Waals surface area contributed by atoms with Crippen LogP contribution in [-0.2, 0) is 0 Å². The predicted octanol–water partition coefficient (Wildman–Crippen LogP) is 5.05. The molecule has 0 amide bonds. The summed E-state index contributed by atoms with van der Waals surface area (Å²) >= 11 is 2.36. The number of benzene rings is 1. The lowest BCUT2D eigenvalue weighted by atomic mass is 10.1. The molecule has 0 atom stereocenters. The molecule has 2 nitrogen and oxygen atoms in total. The van der Waals surface area contributed by atoms with Crippen LogP contribution in [0.3, 0.4) is 0 Å². The van der Waals surface area contributed by atoms with Gasteiger partial charge in [-0.2, -0.15) is 5.10 Å². The van der Waals surface area contributed by atoms with E-state index in [2.05, 4.69) is 62.8 Å². The summed E-state index contributed by atoms with van der Waals surface area (Å²) in [7, 11) is 0. The Morgan fingerprint density at radius 2 is 1.84 bits per heavy atom. The highest BCUT2D eigenvalue weighted by Gasteiger charge is 2.15. The molecule has 0 saturated heterocycles. The van der Waals surface area contributed by atoms with Gasteiger partial charge in [0, 0.05) is 15.3 Å². The normalized spacial score (nSPS) is 17.3. The van der Waals surface area contributed by atoms with Crippen molar-refractivity contribution in [2.75, 3.05) is 0 Å². The number of rotatable bonds is 2. The maximum atomic E-state index is 4.60. The molecule has 0 spiro atoms. The SMILES string of the molecule is Ic1cccc(-c2cnn(C3CCCCCC3)c2)c1. The lowest BCUT2D eigenvalue weighted by Gasteiger charge is -2.14. The standard InChI is InChI=1S/C16H19IN2/c17-15-7-5-6-13(10-15)14-11-18-19(12-14)16-8-3-1-2-4-9-16/h5-7,10-12,16H,1-4,8-9H2. The van der Waals surface area contributed by atoms with Crippen molar-refractivity contribution in [3.8, 4) is 11.1 Å². The van der Waals surface area contributed by atoms with Crippen molar-refractivity contribution in [1.82, 2.24) is 9.78 Å². The maximum Gasteiger partial charge on any atom is 0.0568 e. The molecule has 0 N–H and O–H groups in total. The molecule has 1 aliphatic carbocycles. The highest BCUT2D eigenvalue weighted by atomic mass is 127. The summed E-state index contributed by atoms with van der Waals surface area (Å²) in [5, 5.41) is 4.60. The summed E-state index contributed by atoms with van der Waals surface area (Å²) < 4.78 is 3.47. The van der Waals surface area contributed by atoms with E-state index >= 15 is 0 Å². The van der Waals surface area contributed by atoms with Crippen LogP contribution < -0.4 is 0 Å². The van der Waals surface area contributed by atoms with E-state index in [1.54, 1.807) is 0 Å². The summed E-state index contributed by atoms with van der Waals surface area (Å²) in [6, 6.07) is 9.23. The third-order valence-corrected chi connectivity index (χ3v) is 4.63. The summed E-state index contributed by atoms with van der Waals surface area (Å²) in [6.45, 7) is 0. The summed E-state index contributed by atoms with van der Waals surface area (Å²) in [5.74, 6) is 0. The van der Waals surface area contributed by atoms with Gasteiger partial charge in [0.2, 0.25) is 0 Å². The molecule has 3 rings (SSSR count). The van der Waals surface area contributed by atoms with Gasteiger partial charge in [0.15, 0.2) is 0 Å². The largest absolute Gasteiger partial charge is 0.269 e. The molecule has 3 heteroatoms. The molecular weight excluding hydrogens is 347 g/mol. The maximum absolute atomic E-state index is 4.60. The van der Waals surface area contributed by atoms with Gasteiger partial charge in [0.25, 0.3) is 0 Å². The molecule has 100 valence electrons. The summed E-state index contributed by atoms with van der Waals surface area (Å²) in [6.07, 6.45) is 12.3. The Balaban J connectivity index is 1.82. The third-order valence-electron chi connectivity index (χ3n) is 3.96. The monoisotopic (exact) mass is 366 g/mol. The Morgan fingerprint density at radius 1 is 1.05 bits per heavy atom. The van der Waals surface area contributed by atoms with Crippen molar-refractivity contribution in [2.24, 2.45) is 0 Å². The zero-order valence-electron chi connectivity index (χ0n) is 11.1. The van der Waals surface area contributed by atoms with Gasteiger partial charge in [-0.1, -0.05) is 37.8 Å². The van der Waals surface area contributed by atoms with Crippen LogP contribution in [-0.4, -0.2) is 9.78 Å². The summed E-state index contributed by atoms with van der Waals surface area (Å²) in [5.41, 5.74) is 2.51. The van der Waals surface area contributed by atoms with Crippen molar-refractivity contribution >= 4 is 22.6 Å². The Labute approximate surface area is 128 Å². The Bertz CT molecular complexity index is 539. The molecular formula is C16H19IN2. The zero-order valence-corrected chi connectivity index (χ0v) is 13.2. The van der Waals surface area contributed by atoms with Crippen LogP contribution in [0.15, 0.2) is 36.7 Å². The number of halogens is 1. The lowest BCUT2D eigenvalue weighted by Crippen LogP contribution is -2.08. The topological polar surface area (TPSA) is 17.8 Å². The second kappa shape index (κ2) is 6.07. The third kappa shape index (κ3) is 3.19. The second-order valence-corrected chi connectivity index (χ2v) is 6.61. The Hall–Kier alpha value is -0.840. The van der Waals surface area contributed by atoms with Crippen LogP contribution in [0.5, 0.6) is 0 Å². The van der Waals surface area contributed by atoms with Crippen molar-refractivity contribution in [3.63, 3.8) is 0 Å². The highest BCUT2D eigenvalue weighted by Crippen LogP contribution is 2.28. The van der Waals surface area contributed by atoms with Crippen molar-refractivity contribution in [2.45, 2.75) is 44.6 Å². The first-order valence-electron chi connectivity index (χ1n) is 7.13. The van der Waals surface area contributed by atoms with Crippen LogP contribution in [0.1, 0.15) is 44.6 Å². The lowest BCUT2D eigenvalue weighted by molar-refractivity contribution is 0.405. The molecule has 1 aromatic carbocycles. The molecule has 0 aliphatic heterocycles. The van der Waals surface area contributed by atoms with Crippen LogP contribution in [0.4, 0.5) is 0 Å². The average Bonchev–Trinajstić information content (AvgIpc) is 2.75. The van der Waals surface area contributed by atoms with Crippen LogP contribution in [0.25, 0.3) is 11.1 Å². The Kier molecular flexibility index (Phi) is 4.21. The van der Waals surface area contributed by atoms with E-state index in [1.807, 2.05) is 6.20 Å². The molecule has 1 aliphatic rings. The molecule has 0 radical (unpaired) electrons. The summed E-state index contributed by atoms with van der Waals surface area (Å²) in [4.78, 5) is 0. The number of aromatic nitrogens is 2. The quantitative estimate of drug-likeness (QED) is 0.537. The van der Waals surface area contributed by atoms with Gasteiger partial charge in [-0.3, -0.25) is 4.68 Å². The average molecular weight is 366 g/mol. The first kappa shape index (κ1) is 13.2. The smallest absolute Gasteiger partial charge is 0.0568 e. The highest BCUT2D eigenvalue weighted by molar-refractivity contribution is 14.1. The van der Waals surface area contributed by atoms with Crippen LogP contribution in [0.2, 0.25) is 0 Å². The van der Waals surface area contributed by atoms with Gasteiger partial charge in [0.05, 0.1) is 12.2 Å². The molecule has 1 heterocycles. The number of hydrogen-bond acceptors (Lipinski definition) is 1. The first-order chi connectivity index (χ1) is 9.33. The van der Waals surface area contributed by atoms with E-state index in [1.165, 1.54) is 53.2 Å². The van der Waals surface area contributed by atoms with Crippen LogP contribution >= 0.6 is 22.6 Å². The second-order valence-electron chi connectivity index (χ2n) is 5.36. The fourth-order valence-electron chi connectivity index (χ4n) is 2.88. The van der Waals surface area contributed by atoms with E-state index in [-0.39, 0.29) is 0 Å². The van der Waals surface area contributed by atoms with E-state index in [4.69, 9.17) is 0 Å². The molecule has 1 aromatic heterocycles. The minimum Gasteiger partial charge on any atom is -0.269 e. The molecule has 19 heavy (non-hydrogen) atoms. The number of hydrogen-bond donors (Lipinski definition) is 0. The fraction of sp³-hybridized carbons (Fsp3) is 0.438. The minimum absolute atomic E-state index is 0.610. The predicted molar refractivity (Wildman–Crippen MR) is 87.1 cm³/mol. The van der Waals surface area contributed by atoms with Gasteiger partial charge in [0.1, 0.15) is 0 Å². The fourth-order valence-corrected chi connectivity index (χ4v) is 3.42. The van der Waals surface area contributed by atoms with E-state index < -0.39 is 0 Å². The van der Waals surface area contributed by atoms with E-state index in [9.17, 15) is 0 Å². The zero-order chi connectivity index (χ0) is 13.1. The van der Waals surface area contributed by atoms with Gasteiger partial charge in [-0.15, -0.1) is 0 Å².